The normalized spacial score (nSPS) is 12.3. The van der Waals surface area contributed by atoms with Gasteiger partial charge in [0.1, 0.15) is 0 Å². The highest BCUT2D eigenvalue weighted by Crippen LogP contribution is 2.04. The summed E-state index contributed by atoms with van der Waals surface area (Å²) in [6, 6.07) is 2.42. The van der Waals surface area contributed by atoms with Crippen LogP contribution < -0.4 is 0 Å². The van der Waals surface area contributed by atoms with Crippen molar-refractivity contribution in [1.82, 2.24) is 14.9 Å². The van der Waals surface area contributed by atoms with Gasteiger partial charge in [0, 0.05) is 31.5 Å². The molecule has 4 heteroatoms. The first-order valence-electron chi connectivity index (χ1n) is 5.60. The lowest BCUT2D eigenvalue weighted by atomic mass is 10.3. The number of hydrogen-bond acceptors (Lipinski definition) is 3. The first kappa shape index (κ1) is 12.6. The Labute approximate surface area is 97.4 Å². The molecule has 0 saturated heterocycles. The lowest BCUT2D eigenvalue weighted by molar-refractivity contribution is 0.413. The van der Waals surface area contributed by atoms with E-state index in [0.717, 1.165) is 5.84 Å². The van der Waals surface area contributed by atoms with E-state index in [0.29, 0.717) is 11.9 Å². The lowest BCUT2D eigenvalue weighted by Gasteiger charge is -2.24. The highest BCUT2D eigenvalue weighted by molar-refractivity contribution is 5.95. The second-order valence-electron chi connectivity index (χ2n) is 4.32. The van der Waals surface area contributed by atoms with E-state index in [9.17, 15) is 0 Å². The summed E-state index contributed by atoms with van der Waals surface area (Å²) in [5.41, 5.74) is 0. The van der Waals surface area contributed by atoms with Crippen LogP contribution in [0.25, 0.3) is 0 Å². The summed E-state index contributed by atoms with van der Waals surface area (Å²) < 4.78 is 0. The van der Waals surface area contributed by atoms with Gasteiger partial charge in [-0.3, -0.25) is 4.99 Å². The highest BCUT2D eigenvalue weighted by atomic mass is 15.2. The van der Waals surface area contributed by atoms with Crippen molar-refractivity contribution in [2.24, 2.45) is 4.99 Å². The van der Waals surface area contributed by atoms with E-state index < -0.39 is 0 Å². The van der Waals surface area contributed by atoms with Crippen LogP contribution in [0.4, 0.5) is 0 Å². The van der Waals surface area contributed by atoms with Gasteiger partial charge in [-0.25, -0.2) is 9.97 Å². The van der Waals surface area contributed by atoms with E-state index in [1.807, 2.05) is 13.1 Å². The van der Waals surface area contributed by atoms with Crippen molar-refractivity contribution in [3.8, 4) is 0 Å². The Morgan fingerprint density at radius 2 is 1.75 bits per heavy atom. The molecule has 16 heavy (non-hydrogen) atoms. The SMILES string of the molecule is CC(C)N=C(c1ncccn1)N(C)C(C)C. The third-order valence-corrected chi connectivity index (χ3v) is 2.25. The van der Waals surface area contributed by atoms with Crippen LogP contribution in [-0.2, 0) is 0 Å². The molecular formula is C12H20N4. The average Bonchev–Trinajstić information content (AvgIpc) is 2.26. The monoisotopic (exact) mass is 220 g/mol. The Balaban J connectivity index is 3.07. The Morgan fingerprint density at radius 3 is 2.19 bits per heavy atom. The van der Waals surface area contributed by atoms with Crippen molar-refractivity contribution in [3.05, 3.63) is 24.3 Å². The van der Waals surface area contributed by atoms with Crippen LogP contribution >= 0.6 is 0 Å². The third kappa shape index (κ3) is 3.29. The van der Waals surface area contributed by atoms with Crippen molar-refractivity contribution in [2.45, 2.75) is 39.8 Å². The standard InChI is InChI=1S/C12H20N4/c1-9(2)15-12(16(5)10(3)4)11-13-7-6-8-14-11/h6-10H,1-5H3. The molecular weight excluding hydrogens is 200 g/mol. The Bertz CT molecular complexity index is 343. The van der Waals surface area contributed by atoms with Crippen molar-refractivity contribution in [1.29, 1.82) is 0 Å². The largest absolute Gasteiger partial charge is 0.354 e. The number of rotatable bonds is 3. The fourth-order valence-corrected chi connectivity index (χ4v) is 1.21. The summed E-state index contributed by atoms with van der Waals surface area (Å²) in [5.74, 6) is 1.54. The summed E-state index contributed by atoms with van der Waals surface area (Å²) in [5, 5.41) is 0. The molecule has 0 aliphatic carbocycles. The van der Waals surface area contributed by atoms with Gasteiger partial charge in [0.2, 0.25) is 0 Å². The van der Waals surface area contributed by atoms with Crippen molar-refractivity contribution < 1.29 is 0 Å². The third-order valence-electron chi connectivity index (χ3n) is 2.25. The molecule has 0 aliphatic rings. The van der Waals surface area contributed by atoms with E-state index in [-0.39, 0.29) is 6.04 Å². The minimum absolute atomic E-state index is 0.236. The molecule has 1 aromatic heterocycles. The van der Waals surface area contributed by atoms with Crippen molar-refractivity contribution in [3.63, 3.8) is 0 Å². The molecule has 4 nitrogen and oxygen atoms in total. The van der Waals surface area contributed by atoms with Gasteiger partial charge in [-0.2, -0.15) is 0 Å². The van der Waals surface area contributed by atoms with Gasteiger partial charge in [0.05, 0.1) is 0 Å². The molecule has 1 aromatic rings. The lowest BCUT2D eigenvalue weighted by Crippen LogP contribution is -2.35. The minimum Gasteiger partial charge on any atom is -0.354 e. The molecule has 0 amide bonds. The van der Waals surface area contributed by atoms with Gasteiger partial charge in [-0.15, -0.1) is 0 Å². The maximum absolute atomic E-state index is 4.59. The molecule has 0 fully saturated rings. The Hall–Kier alpha value is -1.45. The molecule has 0 spiro atoms. The van der Waals surface area contributed by atoms with E-state index in [1.54, 1.807) is 12.4 Å². The van der Waals surface area contributed by atoms with Crippen LogP contribution in [0.3, 0.4) is 0 Å². The fraction of sp³-hybridized carbons (Fsp3) is 0.583. The topological polar surface area (TPSA) is 41.4 Å². The van der Waals surface area contributed by atoms with Crippen LogP contribution in [-0.4, -0.2) is 39.8 Å². The van der Waals surface area contributed by atoms with Crippen molar-refractivity contribution in [2.75, 3.05) is 7.05 Å². The zero-order chi connectivity index (χ0) is 12.1. The van der Waals surface area contributed by atoms with E-state index in [1.165, 1.54) is 0 Å². The van der Waals surface area contributed by atoms with Gasteiger partial charge >= 0.3 is 0 Å². The molecule has 0 radical (unpaired) electrons. The second-order valence-corrected chi connectivity index (χ2v) is 4.32. The molecule has 0 saturated carbocycles. The highest BCUT2D eigenvalue weighted by Gasteiger charge is 2.15. The Kier molecular flexibility index (Phi) is 4.40. The molecule has 88 valence electrons. The molecule has 1 rings (SSSR count). The number of hydrogen-bond donors (Lipinski definition) is 0. The molecule has 1 heterocycles. The van der Waals surface area contributed by atoms with Crippen molar-refractivity contribution >= 4 is 5.84 Å². The molecule has 0 aromatic carbocycles. The first-order chi connectivity index (χ1) is 7.52. The Morgan fingerprint density at radius 1 is 1.19 bits per heavy atom. The number of amidine groups is 1. The van der Waals surface area contributed by atoms with Crippen LogP contribution in [0.1, 0.15) is 33.5 Å². The smallest absolute Gasteiger partial charge is 0.195 e. The first-order valence-corrected chi connectivity index (χ1v) is 5.60. The van der Waals surface area contributed by atoms with E-state index in [4.69, 9.17) is 0 Å². The summed E-state index contributed by atoms with van der Waals surface area (Å²) in [7, 11) is 2.02. The quantitative estimate of drug-likeness (QED) is 0.577. The van der Waals surface area contributed by atoms with Crippen LogP contribution in [0.2, 0.25) is 0 Å². The predicted octanol–water partition coefficient (Wildman–Crippen LogP) is 1.97. The summed E-state index contributed by atoms with van der Waals surface area (Å²) in [4.78, 5) is 15.2. The zero-order valence-corrected chi connectivity index (χ0v) is 10.7. The minimum atomic E-state index is 0.236. The molecule has 0 N–H and O–H groups in total. The van der Waals surface area contributed by atoms with Gasteiger partial charge in [-0.05, 0) is 33.8 Å². The van der Waals surface area contributed by atoms with Crippen LogP contribution in [0.15, 0.2) is 23.5 Å². The summed E-state index contributed by atoms with van der Waals surface area (Å²) >= 11 is 0. The predicted molar refractivity (Wildman–Crippen MR) is 66.6 cm³/mol. The molecule has 0 bridgehead atoms. The molecule has 0 unspecified atom stereocenters. The zero-order valence-electron chi connectivity index (χ0n) is 10.7. The van der Waals surface area contributed by atoms with Crippen LogP contribution in [0.5, 0.6) is 0 Å². The van der Waals surface area contributed by atoms with E-state index in [2.05, 4.69) is 47.6 Å². The summed E-state index contributed by atoms with van der Waals surface area (Å²) in [6.45, 7) is 8.35. The van der Waals surface area contributed by atoms with Gasteiger partial charge in [0.15, 0.2) is 11.7 Å². The molecule has 0 atom stereocenters. The van der Waals surface area contributed by atoms with Gasteiger partial charge in [-0.1, -0.05) is 0 Å². The van der Waals surface area contributed by atoms with Crippen LogP contribution in [0, 0.1) is 0 Å². The number of aliphatic imine (C=N–C) groups is 1. The fourth-order valence-electron chi connectivity index (χ4n) is 1.21. The number of nitrogens with zero attached hydrogens (tertiary/aromatic N) is 4. The average molecular weight is 220 g/mol. The second kappa shape index (κ2) is 5.58. The maximum atomic E-state index is 4.59. The molecule has 0 aliphatic heterocycles. The van der Waals surface area contributed by atoms with Gasteiger partial charge < -0.3 is 4.90 Å². The maximum Gasteiger partial charge on any atom is 0.195 e. The van der Waals surface area contributed by atoms with Gasteiger partial charge in [0.25, 0.3) is 0 Å². The summed E-state index contributed by atoms with van der Waals surface area (Å²) in [6.07, 6.45) is 3.48. The number of aromatic nitrogens is 2. The van der Waals surface area contributed by atoms with E-state index >= 15 is 0 Å².